The third-order valence-corrected chi connectivity index (χ3v) is 3.06. The van der Waals surface area contributed by atoms with Crippen molar-refractivity contribution in [3.05, 3.63) is 30.3 Å². The second kappa shape index (κ2) is 6.62. The van der Waals surface area contributed by atoms with Gasteiger partial charge in [0.1, 0.15) is 0 Å². The number of para-hydroxylation sites is 1. The Morgan fingerprint density at radius 2 is 2.12 bits per heavy atom. The van der Waals surface area contributed by atoms with Crippen molar-refractivity contribution in [1.82, 2.24) is 5.32 Å². The minimum Gasteiger partial charge on any atom is -0.316 e. The van der Waals surface area contributed by atoms with Crippen molar-refractivity contribution in [2.45, 2.75) is 13.3 Å². The summed E-state index contributed by atoms with van der Waals surface area (Å²) in [6, 6.07) is 9.89. The molecule has 1 amide bonds. The lowest BCUT2D eigenvalue weighted by Crippen LogP contribution is -2.36. The molecule has 0 aliphatic carbocycles. The minimum atomic E-state index is 0. The smallest absolute Gasteiger partial charge is 0.231 e. The number of nitrogens with zero attached hydrogens (tertiary/aromatic N) is 1. The van der Waals surface area contributed by atoms with Gasteiger partial charge in [-0.2, -0.15) is 0 Å². The summed E-state index contributed by atoms with van der Waals surface area (Å²) >= 11 is 0. The molecule has 1 atom stereocenters. The molecule has 0 spiro atoms. The monoisotopic (exact) mass is 254 g/mol. The fourth-order valence-electron chi connectivity index (χ4n) is 2.16. The third kappa shape index (κ3) is 3.20. The molecule has 1 aliphatic heterocycles. The quantitative estimate of drug-likeness (QED) is 0.896. The molecule has 2 rings (SSSR count). The van der Waals surface area contributed by atoms with Crippen LogP contribution < -0.4 is 10.2 Å². The number of amides is 1. The second-order valence-electron chi connectivity index (χ2n) is 4.11. The van der Waals surface area contributed by atoms with Crippen LogP contribution in [0.15, 0.2) is 30.3 Å². The van der Waals surface area contributed by atoms with Crippen LogP contribution in [0.2, 0.25) is 0 Å². The van der Waals surface area contributed by atoms with E-state index in [-0.39, 0.29) is 24.2 Å². The fraction of sp³-hybridized carbons (Fsp3) is 0.462. The molecule has 1 aromatic rings. The largest absolute Gasteiger partial charge is 0.316 e. The molecule has 0 saturated carbocycles. The number of hydrogen-bond donors (Lipinski definition) is 1. The van der Waals surface area contributed by atoms with E-state index in [0.29, 0.717) is 0 Å². The van der Waals surface area contributed by atoms with Crippen LogP contribution in [0.25, 0.3) is 0 Å². The van der Waals surface area contributed by atoms with Gasteiger partial charge < -0.3 is 10.2 Å². The van der Waals surface area contributed by atoms with Crippen LogP contribution >= 0.6 is 12.4 Å². The number of benzene rings is 1. The van der Waals surface area contributed by atoms with Crippen molar-refractivity contribution < 1.29 is 4.79 Å². The van der Waals surface area contributed by atoms with Gasteiger partial charge in [0.15, 0.2) is 0 Å². The van der Waals surface area contributed by atoms with Gasteiger partial charge >= 0.3 is 0 Å². The molecule has 94 valence electrons. The maximum absolute atomic E-state index is 12.3. The predicted octanol–water partition coefficient (Wildman–Crippen LogP) is 2.07. The number of anilines is 1. The molecule has 1 fully saturated rings. The van der Waals surface area contributed by atoms with Crippen LogP contribution in [0.3, 0.4) is 0 Å². The average molecular weight is 255 g/mol. The summed E-state index contributed by atoms with van der Waals surface area (Å²) in [5.41, 5.74) is 1.00. The predicted molar refractivity (Wildman–Crippen MR) is 72.7 cm³/mol. The Bertz CT molecular complexity index is 350. The van der Waals surface area contributed by atoms with Crippen LogP contribution in [-0.2, 0) is 4.79 Å². The first-order valence-electron chi connectivity index (χ1n) is 5.90. The van der Waals surface area contributed by atoms with Crippen molar-refractivity contribution in [3.8, 4) is 0 Å². The van der Waals surface area contributed by atoms with Crippen LogP contribution in [-0.4, -0.2) is 25.5 Å². The maximum Gasteiger partial charge on any atom is 0.231 e. The number of nitrogens with one attached hydrogen (secondary N) is 1. The highest BCUT2D eigenvalue weighted by Crippen LogP contribution is 2.18. The average Bonchev–Trinajstić information content (AvgIpc) is 2.85. The van der Waals surface area contributed by atoms with E-state index in [1.165, 1.54) is 0 Å². The van der Waals surface area contributed by atoms with Gasteiger partial charge in [-0.1, -0.05) is 18.2 Å². The van der Waals surface area contributed by atoms with Crippen LogP contribution in [0.1, 0.15) is 13.3 Å². The Morgan fingerprint density at radius 3 is 2.65 bits per heavy atom. The van der Waals surface area contributed by atoms with E-state index < -0.39 is 0 Å². The van der Waals surface area contributed by atoms with Gasteiger partial charge in [-0.3, -0.25) is 4.79 Å². The van der Waals surface area contributed by atoms with Crippen LogP contribution in [0.4, 0.5) is 5.69 Å². The highest BCUT2D eigenvalue weighted by atomic mass is 35.5. The molecule has 17 heavy (non-hydrogen) atoms. The van der Waals surface area contributed by atoms with Gasteiger partial charge in [0.05, 0.1) is 5.92 Å². The summed E-state index contributed by atoms with van der Waals surface area (Å²) in [6.45, 7) is 4.54. The lowest BCUT2D eigenvalue weighted by atomic mass is 10.1. The molecule has 0 bridgehead atoms. The van der Waals surface area contributed by atoms with Gasteiger partial charge in [0.2, 0.25) is 5.91 Å². The lowest BCUT2D eigenvalue weighted by molar-refractivity contribution is -0.121. The van der Waals surface area contributed by atoms with E-state index in [1.807, 2.05) is 42.2 Å². The van der Waals surface area contributed by atoms with E-state index in [2.05, 4.69) is 5.32 Å². The van der Waals surface area contributed by atoms with Crippen molar-refractivity contribution in [1.29, 1.82) is 0 Å². The summed E-state index contributed by atoms with van der Waals surface area (Å²) in [6.07, 6.45) is 0.960. The Morgan fingerprint density at radius 1 is 1.41 bits per heavy atom. The standard InChI is InChI=1S/C13H18N2O.ClH/c1-2-15(12-6-4-3-5-7-12)13(16)11-8-9-14-10-11;/h3-7,11,14H,2,8-10H2,1H3;1H. The van der Waals surface area contributed by atoms with Crippen LogP contribution in [0.5, 0.6) is 0 Å². The molecular weight excluding hydrogens is 236 g/mol. The molecule has 1 saturated heterocycles. The van der Waals surface area contributed by atoms with E-state index in [0.717, 1.165) is 31.7 Å². The van der Waals surface area contributed by atoms with E-state index in [1.54, 1.807) is 0 Å². The number of rotatable bonds is 3. The summed E-state index contributed by atoms with van der Waals surface area (Å²) in [5, 5.41) is 3.24. The maximum atomic E-state index is 12.3. The summed E-state index contributed by atoms with van der Waals surface area (Å²) in [4.78, 5) is 14.1. The molecule has 1 aromatic carbocycles. The zero-order valence-electron chi connectivity index (χ0n) is 10.1. The van der Waals surface area contributed by atoms with Gasteiger partial charge in [-0.15, -0.1) is 12.4 Å². The fourth-order valence-corrected chi connectivity index (χ4v) is 2.16. The Balaban J connectivity index is 0.00000144. The molecular formula is C13H19ClN2O. The summed E-state index contributed by atoms with van der Waals surface area (Å²) in [5.74, 6) is 0.402. The topological polar surface area (TPSA) is 32.3 Å². The minimum absolute atomic E-state index is 0. The van der Waals surface area contributed by atoms with Gasteiger partial charge in [-0.25, -0.2) is 0 Å². The normalized spacial score (nSPS) is 18.5. The Hall–Kier alpha value is -1.06. The zero-order valence-corrected chi connectivity index (χ0v) is 10.9. The summed E-state index contributed by atoms with van der Waals surface area (Å²) < 4.78 is 0. The number of hydrogen-bond acceptors (Lipinski definition) is 2. The van der Waals surface area contributed by atoms with Crippen molar-refractivity contribution in [2.24, 2.45) is 5.92 Å². The molecule has 1 aliphatic rings. The SMILES string of the molecule is CCN(C(=O)C1CCNC1)c1ccccc1.Cl. The molecule has 1 heterocycles. The van der Waals surface area contributed by atoms with E-state index >= 15 is 0 Å². The first-order valence-corrected chi connectivity index (χ1v) is 5.90. The zero-order chi connectivity index (χ0) is 11.4. The van der Waals surface area contributed by atoms with E-state index in [4.69, 9.17) is 0 Å². The second-order valence-corrected chi connectivity index (χ2v) is 4.11. The van der Waals surface area contributed by atoms with Gasteiger partial charge in [0.25, 0.3) is 0 Å². The number of halogens is 1. The first kappa shape index (κ1) is 14.0. The number of carbonyl (C=O) groups excluding carboxylic acids is 1. The molecule has 1 unspecified atom stereocenters. The van der Waals surface area contributed by atoms with Gasteiger partial charge in [-0.05, 0) is 32.0 Å². The number of carbonyl (C=O) groups is 1. The highest BCUT2D eigenvalue weighted by Gasteiger charge is 2.26. The van der Waals surface area contributed by atoms with Crippen LogP contribution in [0, 0.1) is 5.92 Å². The molecule has 4 heteroatoms. The Kier molecular flexibility index (Phi) is 5.45. The molecule has 0 radical (unpaired) electrons. The van der Waals surface area contributed by atoms with Crippen molar-refractivity contribution in [2.75, 3.05) is 24.5 Å². The molecule has 1 N–H and O–H groups in total. The van der Waals surface area contributed by atoms with Crippen molar-refractivity contribution in [3.63, 3.8) is 0 Å². The highest BCUT2D eigenvalue weighted by molar-refractivity contribution is 5.95. The lowest BCUT2D eigenvalue weighted by Gasteiger charge is -2.23. The van der Waals surface area contributed by atoms with Gasteiger partial charge in [0, 0.05) is 18.8 Å². The Labute approximate surface area is 109 Å². The third-order valence-electron chi connectivity index (χ3n) is 3.06. The summed E-state index contributed by atoms with van der Waals surface area (Å²) in [7, 11) is 0. The van der Waals surface area contributed by atoms with Crippen molar-refractivity contribution >= 4 is 24.0 Å². The van der Waals surface area contributed by atoms with E-state index in [9.17, 15) is 4.79 Å². The first-order chi connectivity index (χ1) is 7.83. The molecule has 0 aromatic heterocycles. The molecule has 3 nitrogen and oxygen atoms in total.